The van der Waals surface area contributed by atoms with Crippen LogP contribution in [0.1, 0.15) is 32.1 Å². The molecule has 2 N–H and O–H groups in total. The van der Waals surface area contributed by atoms with E-state index in [0.29, 0.717) is 18.5 Å². The van der Waals surface area contributed by atoms with E-state index in [0.717, 1.165) is 17.1 Å². The van der Waals surface area contributed by atoms with Crippen molar-refractivity contribution < 1.29 is 0 Å². The fraction of sp³-hybridized carbons (Fsp3) is 0.368. The van der Waals surface area contributed by atoms with Gasteiger partial charge in [-0.05, 0) is 12.8 Å². The Labute approximate surface area is 138 Å². The monoisotopic (exact) mass is 308 g/mol. The summed E-state index contributed by atoms with van der Waals surface area (Å²) in [6.45, 7) is 4.39. The first-order valence-electron chi connectivity index (χ1n) is 8.41. The molecular weight excluding hydrogens is 284 g/mol. The number of nitrogens with zero attached hydrogens (tertiary/aromatic N) is 2. The van der Waals surface area contributed by atoms with Crippen molar-refractivity contribution in [2.24, 2.45) is 0 Å². The number of anilines is 2. The van der Waals surface area contributed by atoms with E-state index in [9.17, 15) is 0 Å². The molecule has 1 heterocycles. The van der Waals surface area contributed by atoms with Crippen LogP contribution in [0, 0.1) is 0 Å². The molecule has 120 valence electrons. The first kappa shape index (κ1) is 15.5. The largest absolute Gasteiger partial charge is 0.367 e. The van der Waals surface area contributed by atoms with E-state index < -0.39 is 0 Å². The average molecular weight is 308 g/mol. The minimum absolute atomic E-state index is 0.523. The number of nitrogens with one attached hydrogen (secondary N) is 2. The lowest BCUT2D eigenvalue weighted by Gasteiger charge is -2.23. The molecule has 0 aliphatic heterocycles. The molecule has 0 bridgehead atoms. The molecule has 0 radical (unpaired) electrons. The molecule has 23 heavy (non-hydrogen) atoms. The van der Waals surface area contributed by atoms with Gasteiger partial charge in [0, 0.05) is 24.2 Å². The quantitative estimate of drug-likeness (QED) is 0.772. The van der Waals surface area contributed by atoms with Crippen LogP contribution in [0.2, 0.25) is 0 Å². The molecule has 4 nitrogen and oxygen atoms in total. The standard InChI is InChI=1S/C19H24N4/c1-2-13-20-19-22-17(15-9-5-3-6-10-15)14-18(23-19)21-16-11-7-4-8-12-16/h2-3,5-6,9-10,14,16H,1,4,7-8,11-13H2,(H2,20,21,22,23). The molecule has 1 fully saturated rings. The Hall–Kier alpha value is -2.36. The first-order chi connectivity index (χ1) is 11.3. The summed E-state index contributed by atoms with van der Waals surface area (Å²) < 4.78 is 0. The molecular formula is C19H24N4. The van der Waals surface area contributed by atoms with Crippen LogP contribution in [0.3, 0.4) is 0 Å². The van der Waals surface area contributed by atoms with Crippen LogP contribution in [0.15, 0.2) is 49.1 Å². The molecule has 2 aromatic rings. The maximum Gasteiger partial charge on any atom is 0.225 e. The van der Waals surface area contributed by atoms with E-state index >= 15 is 0 Å². The molecule has 0 spiro atoms. The van der Waals surface area contributed by atoms with Crippen LogP contribution < -0.4 is 10.6 Å². The van der Waals surface area contributed by atoms with E-state index in [2.05, 4.69) is 39.3 Å². The highest BCUT2D eigenvalue weighted by atomic mass is 15.1. The SMILES string of the molecule is C=CCNc1nc(NC2CCCCC2)cc(-c2ccccc2)n1. The van der Waals surface area contributed by atoms with Gasteiger partial charge in [0.25, 0.3) is 0 Å². The summed E-state index contributed by atoms with van der Waals surface area (Å²) in [4.78, 5) is 9.23. The number of hydrogen-bond donors (Lipinski definition) is 2. The molecule has 0 atom stereocenters. The van der Waals surface area contributed by atoms with Gasteiger partial charge < -0.3 is 10.6 Å². The van der Waals surface area contributed by atoms with Crippen LogP contribution in [0.25, 0.3) is 11.3 Å². The van der Waals surface area contributed by atoms with Crippen molar-refractivity contribution in [2.45, 2.75) is 38.1 Å². The maximum atomic E-state index is 4.62. The number of hydrogen-bond acceptors (Lipinski definition) is 4. The van der Waals surface area contributed by atoms with Crippen LogP contribution >= 0.6 is 0 Å². The highest BCUT2D eigenvalue weighted by Gasteiger charge is 2.15. The van der Waals surface area contributed by atoms with E-state index in [1.165, 1.54) is 32.1 Å². The molecule has 1 saturated carbocycles. The normalized spacial score (nSPS) is 15.1. The number of aromatic nitrogens is 2. The first-order valence-corrected chi connectivity index (χ1v) is 8.41. The molecule has 1 aliphatic carbocycles. The Kier molecular flexibility index (Phi) is 5.25. The Morgan fingerprint density at radius 2 is 1.87 bits per heavy atom. The second kappa shape index (κ2) is 7.77. The van der Waals surface area contributed by atoms with Gasteiger partial charge in [-0.3, -0.25) is 0 Å². The summed E-state index contributed by atoms with van der Waals surface area (Å²) in [6.07, 6.45) is 8.21. The van der Waals surface area contributed by atoms with Gasteiger partial charge in [-0.25, -0.2) is 4.98 Å². The lowest BCUT2D eigenvalue weighted by atomic mass is 9.95. The summed E-state index contributed by atoms with van der Waals surface area (Å²) in [6, 6.07) is 12.8. The van der Waals surface area contributed by atoms with E-state index in [4.69, 9.17) is 0 Å². The highest BCUT2D eigenvalue weighted by molar-refractivity contribution is 5.64. The van der Waals surface area contributed by atoms with Gasteiger partial charge in [0.1, 0.15) is 5.82 Å². The van der Waals surface area contributed by atoms with Crippen LogP contribution in [-0.2, 0) is 0 Å². The second-order valence-electron chi connectivity index (χ2n) is 5.98. The lowest BCUT2D eigenvalue weighted by molar-refractivity contribution is 0.462. The third-order valence-corrected chi connectivity index (χ3v) is 4.16. The van der Waals surface area contributed by atoms with Gasteiger partial charge in [0.05, 0.1) is 5.69 Å². The van der Waals surface area contributed by atoms with Gasteiger partial charge >= 0.3 is 0 Å². The van der Waals surface area contributed by atoms with Crippen LogP contribution in [0.4, 0.5) is 11.8 Å². The molecule has 3 rings (SSSR count). The van der Waals surface area contributed by atoms with Crippen molar-refractivity contribution in [3.05, 3.63) is 49.1 Å². The average Bonchev–Trinajstić information content (AvgIpc) is 2.61. The van der Waals surface area contributed by atoms with Crippen molar-refractivity contribution >= 4 is 11.8 Å². The van der Waals surface area contributed by atoms with Gasteiger partial charge in [0.2, 0.25) is 5.95 Å². The predicted molar refractivity (Wildman–Crippen MR) is 96.7 cm³/mol. The van der Waals surface area contributed by atoms with E-state index in [-0.39, 0.29) is 0 Å². The molecule has 1 aromatic carbocycles. The summed E-state index contributed by atoms with van der Waals surface area (Å²) in [5, 5.41) is 6.79. The predicted octanol–water partition coefficient (Wildman–Crippen LogP) is 4.49. The second-order valence-corrected chi connectivity index (χ2v) is 5.98. The van der Waals surface area contributed by atoms with Gasteiger partial charge in [-0.1, -0.05) is 55.7 Å². The summed E-state index contributed by atoms with van der Waals surface area (Å²) in [7, 11) is 0. The molecule has 0 amide bonds. The molecule has 0 unspecified atom stereocenters. The van der Waals surface area contributed by atoms with E-state index in [1.807, 2.05) is 30.3 Å². The third kappa shape index (κ3) is 4.31. The molecule has 0 saturated heterocycles. The maximum absolute atomic E-state index is 4.62. The summed E-state index contributed by atoms with van der Waals surface area (Å²) in [5.74, 6) is 1.54. The number of benzene rings is 1. The van der Waals surface area contributed by atoms with Gasteiger partial charge in [0.15, 0.2) is 0 Å². The number of rotatable bonds is 6. The highest BCUT2D eigenvalue weighted by Crippen LogP contribution is 2.25. The van der Waals surface area contributed by atoms with Gasteiger partial charge in [-0.15, -0.1) is 6.58 Å². The van der Waals surface area contributed by atoms with Gasteiger partial charge in [-0.2, -0.15) is 4.98 Å². The summed E-state index contributed by atoms with van der Waals surface area (Å²) >= 11 is 0. The third-order valence-electron chi connectivity index (χ3n) is 4.16. The topological polar surface area (TPSA) is 49.8 Å². The van der Waals surface area contributed by atoms with Crippen molar-refractivity contribution in [3.63, 3.8) is 0 Å². The fourth-order valence-electron chi connectivity index (χ4n) is 2.98. The fourth-order valence-corrected chi connectivity index (χ4v) is 2.98. The van der Waals surface area contributed by atoms with Crippen LogP contribution in [0.5, 0.6) is 0 Å². The zero-order valence-electron chi connectivity index (χ0n) is 13.5. The Morgan fingerprint density at radius 1 is 1.09 bits per heavy atom. The van der Waals surface area contributed by atoms with Crippen LogP contribution in [-0.4, -0.2) is 22.6 Å². The van der Waals surface area contributed by atoms with Crippen molar-refractivity contribution in [3.8, 4) is 11.3 Å². The minimum Gasteiger partial charge on any atom is -0.367 e. The zero-order valence-corrected chi connectivity index (χ0v) is 13.5. The Morgan fingerprint density at radius 3 is 2.61 bits per heavy atom. The molecule has 4 heteroatoms. The van der Waals surface area contributed by atoms with E-state index in [1.54, 1.807) is 0 Å². The Bertz CT molecular complexity index is 633. The summed E-state index contributed by atoms with van der Waals surface area (Å²) in [5.41, 5.74) is 2.04. The lowest BCUT2D eigenvalue weighted by Crippen LogP contribution is -2.23. The Balaban J connectivity index is 1.86. The van der Waals surface area contributed by atoms with Crippen molar-refractivity contribution in [2.75, 3.05) is 17.2 Å². The van der Waals surface area contributed by atoms with Crippen molar-refractivity contribution in [1.29, 1.82) is 0 Å². The smallest absolute Gasteiger partial charge is 0.225 e. The van der Waals surface area contributed by atoms with Crippen molar-refractivity contribution in [1.82, 2.24) is 9.97 Å². The minimum atomic E-state index is 0.523. The molecule has 1 aliphatic rings. The zero-order chi connectivity index (χ0) is 15.9. The molecule has 1 aromatic heterocycles.